The van der Waals surface area contributed by atoms with Gasteiger partial charge in [-0.1, -0.05) is 12.1 Å². The second-order valence-electron chi connectivity index (χ2n) is 7.97. The summed E-state index contributed by atoms with van der Waals surface area (Å²) in [5, 5.41) is 0. The molecule has 2 fully saturated rings. The third-order valence-electron chi connectivity index (χ3n) is 5.88. The standard InChI is InChI=1S/C22H24FN3O4S/c1-15-3-4-16(2)20(13-15)31(29,30)25-11-9-24(10-12-25)19-14-21(27)26(22(19)28)18-7-5-17(23)6-8-18/h3-8,13,19H,9-12,14H2,1-2H3. The zero-order valence-corrected chi connectivity index (χ0v) is 18.2. The van der Waals surface area contributed by atoms with Crippen LogP contribution < -0.4 is 4.90 Å². The van der Waals surface area contributed by atoms with Gasteiger partial charge >= 0.3 is 0 Å². The van der Waals surface area contributed by atoms with E-state index < -0.39 is 21.9 Å². The number of aryl methyl sites for hydroxylation is 2. The molecule has 1 unspecified atom stereocenters. The Hall–Kier alpha value is -2.62. The predicted octanol–water partition coefficient (Wildman–Crippen LogP) is 2.08. The molecule has 0 spiro atoms. The second kappa shape index (κ2) is 8.14. The van der Waals surface area contributed by atoms with Crippen LogP contribution in [0.3, 0.4) is 0 Å². The summed E-state index contributed by atoms with van der Waals surface area (Å²) < 4.78 is 40.9. The molecule has 2 aromatic carbocycles. The molecule has 0 radical (unpaired) electrons. The van der Waals surface area contributed by atoms with E-state index in [-0.39, 0.29) is 31.3 Å². The first-order chi connectivity index (χ1) is 14.7. The molecule has 2 saturated heterocycles. The van der Waals surface area contributed by atoms with Gasteiger partial charge in [0.25, 0.3) is 5.91 Å². The second-order valence-corrected chi connectivity index (χ2v) is 9.88. The molecule has 0 saturated carbocycles. The molecule has 9 heteroatoms. The maximum atomic E-state index is 13.2. The predicted molar refractivity (Wildman–Crippen MR) is 114 cm³/mol. The highest BCUT2D eigenvalue weighted by molar-refractivity contribution is 7.89. The highest BCUT2D eigenvalue weighted by atomic mass is 32.2. The van der Waals surface area contributed by atoms with Crippen molar-refractivity contribution < 1.29 is 22.4 Å². The fourth-order valence-electron chi connectivity index (χ4n) is 4.14. The molecule has 2 amide bonds. The molecule has 4 rings (SSSR count). The normalized spacial score (nSPS) is 21.1. The molecule has 31 heavy (non-hydrogen) atoms. The molecule has 164 valence electrons. The Morgan fingerprint density at radius 2 is 1.58 bits per heavy atom. The van der Waals surface area contributed by atoms with Gasteiger partial charge in [-0.2, -0.15) is 4.31 Å². The Labute approximate surface area is 181 Å². The number of amides is 2. The van der Waals surface area contributed by atoms with Gasteiger partial charge in [0, 0.05) is 26.2 Å². The minimum atomic E-state index is -3.64. The molecule has 0 bridgehead atoms. The topological polar surface area (TPSA) is 78.0 Å². The zero-order valence-electron chi connectivity index (χ0n) is 17.4. The number of imide groups is 1. The number of sulfonamides is 1. The van der Waals surface area contributed by atoms with Gasteiger partial charge in [0.15, 0.2) is 0 Å². The van der Waals surface area contributed by atoms with Crippen molar-refractivity contribution in [2.75, 3.05) is 31.1 Å². The van der Waals surface area contributed by atoms with Crippen LogP contribution in [0.2, 0.25) is 0 Å². The maximum absolute atomic E-state index is 13.2. The molecule has 2 heterocycles. The summed E-state index contributed by atoms with van der Waals surface area (Å²) >= 11 is 0. The van der Waals surface area contributed by atoms with Crippen molar-refractivity contribution in [3.05, 3.63) is 59.4 Å². The van der Waals surface area contributed by atoms with Gasteiger partial charge in [0.05, 0.1) is 23.0 Å². The van der Waals surface area contributed by atoms with E-state index >= 15 is 0 Å². The fourth-order valence-corrected chi connectivity index (χ4v) is 5.87. The van der Waals surface area contributed by atoms with Gasteiger partial charge in [-0.15, -0.1) is 0 Å². The van der Waals surface area contributed by atoms with Gasteiger partial charge in [0.2, 0.25) is 15.9 Å². The van der Waals surface area contributed by atoms with Gasteiger partial charge in [-0.3, -0.25) is 14.5 Å². The number of rotatable bonds is 4. The smallest absolute Gasteiger partial charge is 0.251 e. The Bertz CT molecular complexity index is 1130. The van der Waals surface area contributed by atoms with E-state index in [1.54, 1.807) is 19.1 Å². The van der Waals surface area contributed by atoms with E-state index in [9.17, 15) is 22.4 Å². The zero-order chi connectivity index (χ0) is 22.3. The summed E-state index contributed by atoms with van der Waals surface area (Å²) in [5.74, 6) is -1.14. The maximum Gasteiger partial charge on any atom is 0.251 e. The summed E-state index contributed by atoms with van der Waals surface area (Å²) in [4.78, 5) is 28.6. The number of anilines is 1. The fraction of sp³-hybridized carbons (Fsp3) is 0.364. The van der Waals surface area contributed by atoms with Crippen molar-refractivity contribution in [1.82, 2.24) is 9.21 Å². The third kappa shape index (κ3) is 4.00. The summed E-state index contributed by atoms with van der Waals surface area (Å²) in [6, 6.07) is 9.94. The highest BCUT2D eigenvalue weighted by Crippen LogP contribution is 2.28. The Kier molecular flexibility index (Phi) is 5.67. The first-order valence-corrected chi connectivity index (χ1v) is 11.6. The van der Waals surface area contributed by atoms with Crippen LogP contribution in [0.5, 0.6) is 0 Å². The molecular weight excluding hydrogens is 421 g/mol. The summed E-state index contributed by atoms with van der Waals surface area (Å²) in [7, 11) is -3.64. The lowest BCUT2D eigenvalue weighted by atomic mass is 10.2. The molecule has 0 aliphatic carbocycles. The number of carbonyl (C=O) groups is 2. The first-order valence-electron chi connectivity index (χ1n) is 10.1. The molecule has 0 N–H and O–H groups in total. The van der Waals surface area contributed by atoms with Crippen LogP contribution in [-0.2, 0) is 19.6 Å². The Morgan fingerprint density at radius 1 is 0.935 bits per heavy atom. The first kappa shape index (κ1) is 21.6. The number of nitrogens with zero attached hydrogens (tertiary/aromatic N) is 3. The number of hydrogen-bond donors (Lipinski definition) is 0. The summed E-state index contributed by atoms with van der Waals surface area (Å²) in [5.41, 5.74) is 1.91. The minimum Gasteiger partial charge on any atom is -0.289 e. The number of piperazine rings is 1. The molecule has 2 aliphatic heterocycles. The van der Waals surface area contributed by atoms with Crippen LogP contribution in [0.1, 0.15) is 17.5 Å². The molecule has 2 aromatic rings. The van der Waals surface area contributed by atoms with Gasteiger partial charge in [-0.25, -0.2) is 17.7 Å². The van der Waals surface area contributed by atoms with Crippen LogP contribution >= 0.6 is 0 Å². The van der Waals surface area contributed by atoms with Crippen LogP contribution in [0, 0.1) is 19.7 Å². The van der Waals surface area contributed by atoms with Crippen LogP contribution in [0.25, 0.3) is 0 Å². The Balaban J connectivity index is 1.46. The number of carbonyl (C=O) groups excluding carboxylic acids is 2. The third-order valence-corrected chi connectivity index (χ3v) is 7.92. The average molecular weight is 446 g/mol. The molecule has 0 aromatic heterocycles. The monoisotopic (exact) mass is 445 g/mol. The van der Waals surface area contributed by atoms with Gasteiger partial charge < -0.3 is 0 Å². The van der Waals surface area contributed by atoms with Crippen molar-refractivity contribution in [2.45, 2.75) is 31.2 Å². The molecular formula is C22H24FN3O4S. The summed E-state index contributed by atoms with van der Waals surface area (Å²) in [6.07, 6.45) is 0.0277. The molecule has 7 nitrogen and oxygen atoms in total. The van der Waals surface area contributed by atoms with E-state index in [2.05, 4.69) is 0 Å². The van der Waals surface area contributed by atoms with Crippen molar-refractivity contribution in [1.29, 1.82) is 0 Å². The largest absolute Gasteiger partial charge is 0.289 e. The highest BCUT2D eigenvalue weighted by Gasteiger charge is 2.44. The Morgan fingerprint density at radius 3 is 2.23 bits per heavy atom. The number of hydrogen-bond acceptors (Lipinski definition) is 5. The van der Waals surface area contributed by atoms with Crippen LogP contribution in [-0.4, -0.2) is 61.7 Å². The quantitative estimate of drug-likeness (QED) is 0.674. The van der Waals surface area contributed by atoms with Crippen molar-refractivity contribution in [2.24, 2.45) is 0 Å². The van der Waals surface area contributed by atoms with Gasteiger partial charge in [-0.05, 0) is 55.3 Å². The molecule has 2 aliphatic rings. The molecule has 1 atom stereocenters. The lowest BCUT2D eigenvalue weighted by molar-refractivity contribution is -0.123. The number of benzene rings is 2. The lowest BCUT2D eigenvalue weighted by Crippen LogP contribution is -2.53. The van der Waals surface area contributed by atoms with Gasteiger partial charge in [0.1, 0.15) is 5.82 Å². The van der Waals surface area contributed by atoms with Crippen molar-refractivity contribution in [3.8, 4) is 0 Å². The average Bonchev–Trinajstić information content (AvgIpc) is 3.04. The number of halogens is 1. The van der Waals surface area contributed by atoms with E-state index in [0.717, 1.165) is 10.5 Å². The van der Waals surface area contributed by atoms with E-state index in [1.807, 2.05) is 17.9 Å². The minimum absolute atomic E-state index is 0.0277. The van der Waals surface area contributed by atoms with E-state index in [1.165, 1.54) is 28.6 Å². The van der Waals surface area contributed by atoms with E-state index in [0.29, 0.717) is 29.2 Å². The summed E-state index contributed by atoms with van der Waals surface area (Å²) in [6.45, 7) is 4.81. The van der Waals surface area contributed by atoms with Crippen molar-refractivity contribution >= 4 is 27.5 Å². The van der Waals surface area contributed by atoms with Crippen LogP contribution in [0.4, 0.5) is 10.1 Å². The van der Waals surface area contributed by atoms with E-state index in [4.69, 9.17) is 0 Å². The van der Waals surface area contributed by atoms with Crippen molar-refractivity contribution in [3.63, 3.8) is 0 Å². The lowest BCUT2D eigenvalue weighted by Gasteiger charge is -2.36. The van der Waals surface area contributed by atoms with Crippen LogP contribution in [0.15, 0.2) is 47.4 Å². The SMILES string of the molecule is Cc1ccc(C)c(S(=O)(=O)N2CCN(C3CC(=O)N(c4ccc(F)cc4)C3=O)CC2)c1.